The van der Waals surface area contributed by atoms with Crippen molar-refractivity contribution in [3.8, 4) is 0 Å². The van der Waals surface area contributed by atoms with E-state index < -0.39 is 32.5 Å². The van der Waals surface area contributed by atoms with Crippen molar-refractivity contribution in [1.82, 2.24) is 5.32 Å². The van der Waals surface area contributed by atoms with Gasteiger partial charge in [-0.15, -0.1) is 0 Å². The predicted molar refractivity (Wildman–Crippen MR) is 81.7 cm³/mol. The molecule has 1 aromatic rings. The van der Waals surface area contributed by atoms with Gasteiger partial charge in [-0.1, -0.05) is 25.1 Å². The average molecular weight is 381 g/mol. The van der Waals surface area contributed by atoms with Crippen LogP contribution in [0.15, 0.2) is 24.3 Å². The van der Waals surface area contributed by atoms with Crippen molar-refractivity contribution in [2.24, 2.45) is 5.14 Å². The number of anilines is 1. The second-order valence-corrected chi connectivity index (χ2v) is 6.66. The second kappa shape index (κ2) is 8.05. The molecular formula is C11H15N3O8S2. The number of hydrogen-bond acceptors (Lipinski definition) is 9. The van der Waals surface area contributed by atoms with Crippen LogP contribution in [0.2, 0.25) is 0 Å². The fraction of sp³-hybridized carbons (Fsp3) is 0.273. The van der Waals surface area contributed by atoms with E-state index in [-0.39, 0.29) is 5.69 Å². The third-order valence-corrected chi connectivity index (χ3v) is 3.59. The fourth-order valence-electron chi connectivity index (χ4n) is 1.46. The summed E-state index contributed by atoms with van der Waals surface area (Å²) in [5, 5.41) is 7.36. The molecule has 0 saturated heterocycles. The highest BCUT2D eigenvalue weighted by Gasteiger charge is 2.28. The van der Waals surface area contributed by atoms with Crippen LogP contribution < -0.4 is 15.2 Å². The molecule has 24 heavy (non-hydrogen) atoms. The first-order valence-electron chi connectivity index (χ1n) is 6.35. The van der Waals surface area contributed by atoms with Gasteiger partial charge >= 0.3 is 32.5 Å². The minimum atomic E-state index is -4.77. The summed E-state index contributed by atoms with van der Waals surface area (Å²) in [4.78, 5) is 22.3. The maximum Gasteiger partial charge on any atom is 0.435 e. The Morgan fingerprint density at radius 3 is 2.25 bits per heavy atom. The zero-order chi connectivity index (χ0) is 18.4. The lowest BCUT2D eigenvalue weighted by molar-refractivity contribution is -0.155. The van der Waals surface area contributed by atoms with Crippen LogP contribution in [-0.4, -0.2) is 35.3 Å². The van der Waals surface area contributed by atoms with E-state index in [4.69, 9.17) is 0 Å². The van der Waals surface area contributed by atoms with Crippen LogP contribution in [0.3, 0.4) is 0 Å². The lowest BCUT2D eigenvalue weighted by Gasteiger charge is -2.12. The maximum absolute atomic E-state index is 11.7. The van der Waals surface area contributed by atoms with Crippen LogP contribution in [0.1, 0.15) is 12.5 Å². The molecule has 0 aliphatic carbocycles. The molecule has 0 saturated carbocycles. The summed E-state index contributed by atoms with van der Waals surface area (Å²) in [6.07, 6.45) is 0. The Bertz CT molecular complexity index is 819. The summed E-state index contributed by atoms with van der Waals surface area (Å²) in [5.41, 5.74) is 0.650. The number of nitrogens with one attached hydrogen (secondary N) is 2. The van der Waals surface area contributed by atoms with Gasteiger partial charge in [0.2, 0.25) is 0 Å². The van der Waals surface area contributed by atoms with Gasteiger partial charge in [0.15, 0.2) is 0 Å². The first-order chi connectivity index (χ1) is 11.0. The van der Waals surface area contributed by atoms with E-state index in [2.05, 4.69) is 18.8 Å². The highest BCUT2D eigenvalue weighted by molar-refractivity contribution is 7.88. The molecule has 0 aromatic heterocycles. The summed E-state index contributed by atoms with van der Waals surface area (Å²) >= 11 is 0. The van der Waals surface area contributed by atoms with Gasteiger partial charge in [0.05, 0.1) is 5.69 Å². The van der Waals surface area contributed by atoms with Crippen LogP contribution in [0.5, 0.6) is 0 Å². The molecule has 0 fully saturated rings. The van der Waals surface area contributed by atoms with Crippen molar-refractivity contribution in [3.63, 3.8) is 0 Å². The van der Waals surface area contributed by atoms with E-state index in [9.17, 15) is 26.4 Å². The van der Waals surface area contributed by atoms with Crippen LogP contribution >= 0.6 is 0 Å². The molecule has 0 heterocycles. The molecular weight excluding hydrogens is 366 g/mol. The first-order valence-corrected chi connectivity index (χ1v) is 9.23. The number of para-hydroxylation sites is 1. The van der Waals surface area contributed by atoms with Gasteiger partial charge in [-0.25, -0.2) is 9.59 Å². The SMILES string of the molecule is CCNCc1ccccc1NS(=O)(=O)OC(=O)C(=O)OS(N)(=O)=O. The highest BCUT2D eigenvalue weighted by atomic mass is 32.2. The van der Waals surface area contributed by atoms with E-state index in [1.165, 1.54) is 12.1 Å². The first kappa shape index (κ1) is 19.8. The minimum absolute atomic E-state index is 0.103. The van der Waals surface area contributed by atoms with Gasteiger partial charge in [0, 0.05) is 6.54 Å². The molecule has 0 spiro atoms. The van der Waals surface area contributed by atoms with E-state index in [0.717, 1.165) is 0 Å². The summed E-state index contributed by atoms with van der Waals surface area (Å²) in [6, 6.07) is 6.22. The fourth-order valence-corrected chi connectivity index (χ4v) is 2.52. The van der Waals surface area contributed by atoms with E-state index in [1.54, 1.807) is 12.1 Å². The van der Waals surface area contributed by atoms with Gasteiger partial charge in [0.25, 0.3) is 0 Å². The van der Waals surface area contributed by atoms with Crippen molar-refractivity contribution in [2.45, 2.75) is 13.5 Å². The van der Waals surface area contributed by atoms with Crippen LogP contribution in [0, 0.1) is 0 Å². The quantitative estimate of drug-likeness (QED) is 0.488. The number of carbonyl (C=O) groups excluding carboxylic acids is 2. The molecule has 0 bridgehead atoms. The van der Waals surface area contributed by atoms with Crippen LogP contribution in [-0.2, 0) is 45.1 Å². The van der Waals surface area contributed by atoms with Gasteiger partial charge in [0.1, 0.15) is 0 Å². The zero-order valence-electron chi connectivity index (χ0n) is 12.4. The summed E-state index contributed by atoms with van der Waals surface area (Å²) in [6.45, 7) is 2.82. The molecule has 0 amide bonds. The molecule has 1 rings (SSSR count). The second-order valence-electron chi connectivity index (χ2n) is 4.23. The Kier molecular flexibility index (Phi) is 6.65. The van der Waals surface area contributed by atoms with Crippen molar-refractivity contribution >= 4 is 38.2 Å². The van der Waals surface area contributed by atoms with E-state index >= 15 is 0 Å². The Labute approximate surface area is 138 Å². The topological polar surface area (TPSA) is 171 Å². The van der Waals surface area contributed by atoms with Gasteiger partial charge in [-0.05, 0) is 18.2 Å². The number of nitrogens with two attached hydrogens (primary N) is 1. The molecule has 13 heteroatoms. The highest BCUT2D eigenvalue weighted by Crippen LogP contribution is 2.17. The molecule has 0 aliphatic heterocycles. The number of carbonyl (C=O) groups is 2. The van der Waals surface area contributed by atoms with Crippen LogP contribution in [0.4, 0.5) is 5.69 Å². The van der Waals surface area contributed by atoms with Gasteiger partial charge in [-0.3, -0.25) is 4.72 Å². The third kappa shape index (κ3) is 6.91. The van der Waals surface area contributed by atoms with Crippen molar-refractivity contribution in [3.05, 3.63) is 29.8 Å². The van der Waals surface area contributed by atoms with Crippen LogP contribution in [0.25, 0.3) is 0 Å². The summed E-state index contributed by atoms with van der Waals surface area (Å²) < 4.78 is 53.9. The maximum atomic E-state index is 11.7. The largest absolute Gasteiger partial charge is 0.435 e. The minimum Gasteiger partial charge on any atom is -0.324 e. The number of hydrogen-bond donors (Lipinski definition) is 3. The smallest absolute Gasteiger partial charge is 0.324 e. The monoisotopic (exact) mass is 381 g/mol. The third-order valence-electron chi connectivity index (χ3n) is 2.36. The molecule has 0 unspecified atom stereocenters. The van der Waals surface area contributed by atoms with E-state index in [0.29, 0.717) is 18.7 Å². The summed E-state index contributed by atoms with van der Waals surface area (Å²) in [7, 11) is -9.52. The Morgan fingerprint density at radius 2 is 1.67 bits per heavy atom. The van der Waals surface area contributed by atoms with Gasteiger partial charge < -0.3 is 13.7 Å². The Balaban J connectivity index is 2.84. The molecule has 1 aromatic carbocycles. The van der Waals surface area contributed by atoms with Crippen molar-refractivity contribution < 1.29 is 34.8 Å². The number of rotatable bonds is 7. The molecule has 0 aliphatic rings. The molecule has 0 radical (unpaired) electrons. The van der Waals surface area contributed by atoms with Crippen molar-refractivity contribution in [1.29, 1.82) is 0 Å². The molecule has 0 atom stereocenters. The molecule has 4 N–H and O–H groups in total. The molecule has 134 valence electrons. The van der Waals surface area contributed by atoms with Crippen molar-refractivity contribution in [2.75, 3.05) is 11.3 Å². The predicted octanol–water partition coefficient (Wildman–Crippen LogP) is -1.26. The number of benzene rings is 1. The molecule has 11 nitrogen and oxygen atoms in total. The van der Waals surface area contributed by atoms with Gasteiger partial charge in [-0.2, -0.15) is 22.0 Å². The summed E-state index contributed by atoms with van der Waals surface area (Å²) in [5.74, 6) is -4.16. The Hall–Kier alpha value is -2.22. The lowest BCUT2D eigenvalue weighted by Crippen LogP contribution is -2.31. The standard InChI is InChI=1S/C11H15N3O8S2/c1-2-13-7-8-5-3-4-6-9(8)14-24(19,20)22-11(16)10(15)21-23(12,17)18/h3-6,13-14H,2,7H2,1H3,(H2,12,17,18). The normalized spacial score (nSPS) is 11.6. The zero-order valence-corrected chi connectivity index (χ0v) is 14.0. The Morgan fingerprint density at radius 1 is 1.08 bits per heavy atom. The lowest BCUT2D eigenvalue weighted by atomic mass is 10.2. The average Bonchev–Trinajstić information content (AvgIpc) is 2.43. The van der Waals surface area contributed by atoms with E-state index in [1.807, 2.05) is 11.6 Å².